The molecule has 0 saturated heterocycles. The van der Waals surface area contributed by atoms with Crippen LogP contribution in [0.5, 0.6) is 0 Å². The van der Waals surface area contributed by atoms with Gasteiger partial charge in [-0.25, -0.2) is 0 Å². The Balaban J connectivity index is 1.79. The zero-order valence-corrected chi connectivity index (χ0v) is 18.8. The predicted octanol–water partition coefficient (Wildman–Crippen LogP) is 5.40. The van der Waals surface area contributed by atoms with Crippen molar-refractivity contribution in [3.63, 3.8) is 0 Å². The first-order valence-corrected chi connectivity index (χ1v) is 10.3. The average molecular weight is 485 g/mol. The molecule has 28 heavy (non-hydrogen) atoms. The summed E-state index contributed by atoms with van der Waals surface area (Å²) < 4.78 is 4.08. The monoisotopic (exact) mass is 483 g/mol. The molecule has 3 aromatic rings. The molecule has 0 fully saturated rings. The van der Waals surface area contributed by atoms with E-state index >= 15 is 0 Å². The first-order valence-electron chi connectivity index (χ1n) is 8.80. The molecular formula is C19H20BrCl2N5O. The number of carbonyl (C=O) groups excluding carboxylic acids is 1. The second kappa shape index (κ2) is 8.68. The Kier molecular flexibility index (Phi) is 6.47. The van der Waals surface area contributed by atoms with Crippen LogP contribution in [0.4, 0.5) is 5.82 Å². The molecule has 0 aliphatic carbocycles. The van der Waals surface area contributed by atoms with E-state index in [2.05, 4.69) is 31.4 Å². The number of nitrogens with one attached hydrogen (secondary N) is 1. The van der Waals surface area contributed by atoms with Crippen molar-refractivity contribution in [2.45, 2.75) is 39.8 Å². The molecule has 1 amide bonds. The second-order valence-corrected chi connectivity index (χ2v) is 8.10. The van der Waals surface area contributed by atoms with E-state index in [1.165, 1.54) is 0 Å². The minimum Gasteiger partial charge on any atom is -0.306 e. The summed E-state index contributed by atoms with van der Waals surface area (Å²) in [7, 11) is 0. The lowest BCUT2D eigenvalue weighted by molar-refractivity contribution is -0.119. The molecule has 0 aliphatic rings. The van der Waals surface area contributed by atoms with Crippen molar-refractivity contribution in [2.75, 3.05) is 5.32 Å². The van der Waals surface area contributed by atoms with Crippen LogP contribution in [-0.4, -0.2) is 25.5 Å². The van der Waals surface area contributed by atoms with E-state index in [4.69, 9.17) is 23.2 Å². The van der Waals surface area contributed by atoms with E-state index < -0.39 is 6.04 Å². The number of hydrogen-bond donors (Lipinski definition) is 1. The molecule has 1 atom stereocenters. The Morgan fingerprint density at radius 2 is 1.96 bits per heavy atom. The highest BCUT2D eigenvalue weighted by atomic mass is 79.9. The summed E-state index contributed by atoms with van der Waals surface area (Å²) in [5.74, 6) is 0.247. The highest BCUT2D eigenvalue weighted by molar-refractivity contribution is 9.10. The molecule has 2 heterocycles. The van der Waals surface area contributed by atoms with E-state index in [0.717, 1.165) is 11.3 Å². The lowest BCUT2D eigenvalue weighted by atomic mass is 10.2. The van der Waals surface area contributed by atoms with E-state index in [9.17, 15) is 4.79 Å². The molecule has 0 aliphatic heterocycles. The Hall–Kier alpha value is -1.83. The van der Waals surface area contributed by atoms with Gasteiger partial charge < -0.3 is 5.32 Å². The minimum absolute atomic E-state index is 0.200. The van der Waals surface area contributed by atoms with Crippen molar-refractivity contribution in [2.24, 2.45) is 0 Å². The van der Waals surface area contributed by atoms with Crippen LogP contribution in [0.1, 0.15) is 36.3 Å². The third kappa shape index (κ3) is 4.26. The van der Waals surface area contributed by atoms with Crippen molar-refractivity contribution in [3.8, 4) is 0 Å². The van der Waals surface area contributed by atoms with E-state index in [0.29, 0.717) is 39.0 Å². The van der Waals surface area contributed by atoms with Crippen molar-refractivity contribution >= 4 is 50.9 Å². The van der Waals surface area contributed by atoms with Crippen LogP contribution in [0.3, 0.4) is 0 Å². The largest absolute Gasteiger partial charge is 0.306 e. The normalized spacial score (nSPS) is 12.2. The minimum atomic E-state index is -0.480. The maximum atomic E-state index is 12.9. The van der Waals surface area contributed by atoms with Gasteiger partial charge >= 0.3 is 0 Å². The molecule has 2 aromatic heterocycles. The number of rotatable bonds is 6. The van der Waals surface area contributed by atoms with Crippen molar-refractivity contribution in [1.82, 2.24) is 19.6 Å². The molecule has 0 radical (unpaired) electrons. The van der Waals surface area contributed by atoms with Crippen LogP contribution < -0.4 is 5.32 Å². The highest BCUT2D eigenvalue weighted by Gasteiger charge is 2.24. The van der Waals surface area contributed by atoms with Gasteiger partial charge in [0.1, 0.15) is 6.04 Å². The van der Waals surface area contributed by atoms with Crippen molar-refractivity contribution in [3.05, 3.63) is 61.9 Å². The van der Waals surface area contributed by atoms with Crippen LogP contribution in [0.2, 0.25) is 10.0 Å². The van der Waals surface area contributed by atoms with Gasteiger partial charge in [-0.1, -0.05) is 48.3 Å². The van der Waals surface area contributed by atoms with Crippen molar-refractivity contribution in [1.29, 1.82) is 0 Å². The Morgan fingerprint density at radius 1 is 1.25 bits per heavy atom. The van der Waals surface area contributed by atoms with E-state index in [1.54, 1.807) is 15.6 Å². The molecular weight excluding hydrogens is 465 g/mol. The quantitative estimate of drug-likeness (QED) is 0.509. The topological polar surface area (TPSA) is 64.7 Å². The SMILES string of the molecule is CCC(C(=O)Nc1nn(Cc2ccccc2Cl)cc1Br)n1nc(C)c(Cl)c1C. The molecule has 0 spiro atoms. The number of benzene rings is 1. The third-order valence-corrected chi connectivity index (χ3v) is 5.97. The van der Waals surface area contributed by atoms with Gasteiger partial charge in [-0.05, 0) is 47.8 Å². The maximum absolute atomic E-state index is 12.9. The van der Waals surface area contributed by atoms with Crippen LogP contribution in [-0.2, 0) is 11.3 Å². The smallest absolute Gasteiger partial charge is 0.250 e. The molecule has 1 aromatic carbocycles. The summed E-state index contributed by atoms with van der Waals surface area (Å²) in [6, 6.07) is 7.10. The number of amides is 1. The molecule has 0 saturated carbocycles. The third-order valence-electron chi connectivity index (χ3n) is 4.47. The average Bonchev–Trinajstić information content (AvgIpc) is 3.12. The molecule has 1 N–H and O–H groups in total. The summed E-state index contributed by atoms with van der Waals surface area (Å²) in [5.41, 5.74) is 2.42. The number of nitrogens with zero attached hydrogens (tertiary/aromatic N) is 4. The van der Waals surface area contributed by atoms with Gasteiger partial charge in [-0.15, -0.1) is 0 Å². The lowest BCUT2D eigenvalue weighted by Crippen LogP contribution is -2.27. The first kappa shape index (κ1) is 20.9. The fourth-order valence-electron chi connectivity index (χ4n) is 2.98. The van der Waals surface area contributed by atoms with Crippen molar-refractivity contribution < 1.29 is 4.79 Å². The van der Waals surface area contributed by atoms with Gasteiger partial charge in [-0.2, -0.15) is 10.2 Å². The van der Waals surface area contributed by atoms with Gasteiger partial charge in [0.25, 0.3) is 0 Å². The van der Waals surface area contributed by atoms with Crippen LogP contribution in [0.15, 0.2) is 34.9 Å². The first-order chi connectivity index (χ1) is 13.3. The zero-order valence-electron chi connectivity index (χ0n) is 15.7. The summed E-state index contributed by atoms with van der Waals surface area (Å²) in [4.78, 5) is 12.9. The standard InChI is InChI=1S/C19H20BrCl2N5O/c1-4-16(27-12(3)17(22)11(2)24-27)19(28)23-18-14(20)10-26(25-18)9-13-7-5-6-8-15(13)21/h5-8,10,16H,4,9H2,1-3H3,(H,23,25,28). The van der Waals surface area contributed by atoms with Gasteiger partial charge in [0, 0.05) is 11.2 Å². The number of halogens is 3. The van der Waals surface area contributed by atoms with Crippen LogP contribution in [0.25, 0.3) is 0 Å². The fourth-order valence-corrected chi connectivity index (χ4v) is 3.71. The van der Waals surface area contributed by atoms with Gasteiger partial charge in [0.05, 0.1) is 27.4 Å². The molecule has 6 nitrogen and oxygen atoms in total. The number of hydrogen-bond acceptors (Lipinski definition) is 3. The Labute approximate surface area is 182 Å². The number of carbonyl (C=O) groups is 1. The lowest BCUT2D eigenvalue weighted by Gasteiger charge is -2.16. The molecule has 3 rings (SSSR count). The molecule has 0 bridgehead atoms. The molecule has 9 heteroatoms. The second-order valence-electron chi connectivity index (χ2n) is 6.46. The summed E-state index contributed by atoms with van der Waals surface area (Å²) >= 11 is 15.9. The maximum Gasteiger partial charge on any atom is 0.250 e. The van der Waals surface area contributed by atoms with E-state index in [1.807, 2.05) is 45.0 Å². The number of aromatic nitrogens is 4. The van der Waals surface area contributed by atoms with Gasteiger partial charge in [0.2, 0.25) is 5.91 Å². The van der Waals surface area contributed by atoms with Gasteiger partial charge in [-0.3, -0.25) is 14.2 Å². The zero-order chi connectivity index (χ0) is 20.4. The van der Waals surface area contributed by atoms with E-state index in [-0.39, 0.29) is 5.91 Å². The Morgan fingerprint density at radius 3 is 2.57 bits per heavy atom. The molecule has 1 unspecified atom stereocenters. The molecule has 148 valence electrons. The number of anilines is 1. The summed E-state index contributed by atoms with van der Waals surface area (Å²) in [5, 5.41) is 13.0. The van der Waals surface area contributed by atoms with Crippen LogP contribution in [0, 0.1) is 13.8 Å². The highest BCUT2D eigenvalue weighted by Crippen LogP contribution is 2.27. The summed E-state index contributed by atoms with van der Waals surface area (Å²) in [6.07, 6.45) is 2.38. The predicted molar refractivity (Wildman–Crippen MR) is 115 cm³/mol. The van der Waals surface area contributed by atoms with Gasteiger partial charge in [0.15, 0.2) is 5.82 Å². The summed E-state index contributed by atoms with van der Waals surface area (Å²) in [6.45, 7) is 6.11. The Bertz CT molecular complexity index is 1010. The fraction of sp³-hybridized carbons (Fsp3) is 0.316. The number of aryl methyl sites for hydroxylation is 1. The van der Waals surface area contributed by atoms with Crippen LogP contribution >= 0.6 is 39.1 Å².